The first-order valence-corrected chi connectivity index (χ1v) is 7.46. The highest BCUT2D eigenvalue weighted by Gasteiger charge is 2.20. The lowest BCUT2D eigenvalue weighted by atomic mass is 10.1. The summed E-state index contributed by atoms with van der Waals surface area (Å²) in [7, 11) is 0. The van der Waals surface area contributed by atoms with Crippen LogP contribution in [-0.2, 0) is 20.8 Å². The number of thioether (sulfide) groups is 1. The first-order valence-electron chi connectivity index (χ1n) is 6.41. The van der Waals surface area contributed by atoms with Crippen LogP contribution in [0.2, 0.25) is 0 Å². The van der Waals surface area contributed by atoms with Crippen LogP contribution in [0.25, 0.3) is 0 Å². The molecule has 1 atom stereocenters. The van der Waals surface area contributed by atoms with E-state index in [0.29, 0.717) is 12.3 Å². The summed E-state index contributed by atoms with van der Waals surface area (Å²) in [5.74, 6) is -1.22. The molecule has 6 nitrogen and oxygen atoms in total. The molecule has 1 unspecified atom stereocenters. The van der Waals surface area contributed by atoms with Crippen molar-refractivity contribution in [3.8, 4) is 0 Å². The zero-order chi connectivity index (χ0) is 15.7. The van der Waals surface area contributed by atoms with Crippen LogP contribution in [0, 0.1) is 0 Å². The van der Waals surface area contributed by atoms with Crippen molar-refractivity contribution in [2.75, 3.05) is 12.3 Å². The van der Waals surface area contributed by atoms with Gasteiger partial charge in [0.2, 0.25) is 11.8 Å². The van der Waals surface area contributed by atoms with Gasteiger partial charge in [0.05, 0.1) is 6.42 Å². The lowest BCUT2D eigenvalue weighted by Crippen LogP contribution is -2.40. The highest BCUT2D eigenvalue weighted by Crippen LogP contribution is 2.08. The molecule has 0 spiro atoms. The number of rotatable bonds is 8. The number of hydrogen-bond donors (Lipinski definition) is 3. The summed E-state index contributed by atoms with van der Waals surface area (Å²) in [6.45, 7) is 1.75. The molecule has 1 aromatic rings. The van der Waals surface area contributed by atoms with E-state index < -0.39 is 11.3 Å². The number of benzene rings is 1. The highest BCUT2D eigenvalue weighted by molar-refractivity contribution is 8.00. The number of aliphatic carboxylic acids is 1. The topological polar surface area (TPSA) is 95.5 Å². The molecular weight excluding hydrogens is 292 g/mol. The maximum absolute atomic E-state index is 11.8. The van der Waals surface area contributed by atoms with E-state index in [1.165, 1.54) is 6.92 Å². The molecule has 2 amide bonds. The summed E-state index contributed by atoms with van der Waals surface area (Å²) in [5, 5.41) is 13.1. The van der Waals surface area contributed by atoms with Crippen LogP contribution >= 0.6 is 11.8 Å². The van der Waals surface area contributed by atoms with Gasteiger partial charge in [-0.2, -0.15) is 0 Å². The molecule has 0 saturated heterocycles. The number of amides is 2. The SMILES string of the molecule is CC(=O)NCCSC(NC(=O)Cc1ccccc1)C(=O)O. The molecule has 1 rings (SSSR count). The van der Waals surface area contributed by atoms with Gasteiger partial charge in [-0.25, -0.2) is 4.79 Å². The summed E-state index contributed by atoms with van der Waals surface area (Å²) in [6, 6.07) is 9.09. The lowest BCUT2D eigenvalue weighted by Gasteiger charge is -2.14. The maximum Gasteiger partial charge on any atom is 0.336 e. The highest BCUT2D eigenvalue weighted by atomic mass is 32.2. The Bertz CT molecular complexity index is 493. The average Bonchev–Trinajstić information content (AvgIpc) is 2.42. The minimum absolute atomic E-state index is 0.136. The van der Waals surface area contributed by atoms with Crippen molar-refractivity contribution in [1.29, 1.82) is 0 Å². The van der Waals surface area contributed by atoms with E-state index in [0.717, 1.165) is 17.3 Å². The van der Waals surface area contributed by atoms with Crippen molar-refractivity contribution in [3.63, 3.8) is 0 Å². The Hall–Kier alpha value is -2.02. The summed E-state index contributed by atoms with van der Waals surface area (Å²) >= 11 is 1.06. The Kier molecular flexibility index (Phi) is 7.31. The second-order valence-electron chi connectivity index (χ2n) is 4.30. The van der Waals surface area contributed by atoms with Crippen molar-refractivity contribution < 1.29 is 19.5 Å². The second-order valence-corrected chi connectivity index (χ2v) is 5.51. The van der Waals surface area contributed by atoms with Crippen molar-refractivity contribution in [2.24, 2.45) is 0 Å². The molecule has 3 N–H and O–H groups in total. The van der Waals surface area contributed by atoms with E-state index in [4.69, 9.17) is 5.11 Å². The monoisotopic (exact) mass is 310 g/mol. The predicted molar refractivity (Wildman–Crippen MR) is 80.9 cm³/mol. The Morgan fingerprint density at radius 1 is 1.24 bits per heavy atom. The van der Waals surface area contributed by atoms with Crippen LogP contribution in [0.15, 0.2) is 30.3 Å². The minimum Gasteiger partial charge on any atom is -0.479 e. The second kappa shape index (κ2) is 9.02. The Morgan fingerprint density at radius 3 is 2.48 bits per heavy atom. The van der Waals surface area contributed by atoms with Crippen LogP contribution in [-0.4, -0.2) is 40.6 Å². The van der Waals surface area contributed by atoms with Gasteiger partial charge in [0.1, 0.15) is 0 Å². The Balaban J connectivity index is 2.41. The van der Waals surface area contributed by atoms with E-state index in [1.807, 2.05) is 18.2 Å². The maximum atomic E-state index is 11.8. The van der Waals surface area contributed by atoms with E-state index in [2.05, 4.69) is 10.6 Å². The van der Waals surface area contributed by atoms with Gasteiger partial charge in [-0.15, -0.1) is 11.8 Å². The standard InChI is InChI=1S/C14H18N2O4S/c1-10(17)15-7-8-21-13(14(19)20)16-12(18)9-11-5-3-2-4-6-11/h2-6,13H,7-9H2,1H3,(H,15,17)(H,16,18)(H,19,20). The van der Waals surface area contributed by atoms with Crippen molar-refractivity contribution in [1.82, 2.24) is 10.6 Å². The number of carboxylic acid groups (broad SMARTS) is 1. The van der Waals surface area contributed by atoms with Crippen LogP contribution in [0.1, 0.15) is 12.5 Å². The van der Waals surface area contributed by atoms with Gasteiger partial charge in [0.25, 0.3) is 0 Å². The average molecular weight is 310 g/mol. The van der Waals surface area contributed by atoms with Gasteiger partial charge in [-0.1, -0.05) is 30.3 Å². The fourth-order valence-electron chi connectivity index (χ4n) is 1.56. The fourth-order valence-corrected chi connectivity index (χ4v) is 2.37. The smallest absolute Gasteiger partial charge is 0.336 e. The third kappa shape index (κ3) is 7.36. The van der Waals surface area contributed by atoms with Crippen molar-refractivity contribution in [2.45, 2.75) is 18.7 Å². The normalized spacial score (nSPS) is 11.5. The predicted octanol–water partition coefficient (Wildman–Crippen LogP) is 0.625. The molecule has 0 aromatic heterocycles. The van der Waals surface area contributed by atoms with Crippen LogP contribution in [0.3, 0.4) is 0 Å². The quantitative estimate of drug-likeness (QED) is 0.483. The summed E-state index contributed by atoms with van der Waals surface area (Å²) < 4.78 is 0. The molecule has 0 aliphatic heterocycles. The first-order chi connectivity index (χ1) is 9.99. The number of hydrogen-bond acceptors (Lipinski definition) is 4. The number of nitrogens with one attached hydrogen (secondary N) is 2. The first kappa shape index (κ1) is 17.0. The van der Waals surface area contributed by atoms with E-state index in [-0.39, 0.29) is 18.2 Å². The molecule has 0 aliphatic rings. The van der Waals surface area contributed by atoms with Crippen LogP contribution in [0.4, 0.5) is 0 Å². The Labute approximate surface area is 127 Å². The van der Waals surface area contributed by atoms with Gasteiger partial charge in [-0.05, 0) is 5.56 Å². The molecule has 0 radical (unpaired) electrons. The number of carbonyl (C=O) groups excluding carboxylic acids is 2. The van der Waals surface area contributed by atoms with Crippen LogP contribution < -0.4 is 10.6 Å². The van der Waals surface area contributed by atoms with Gasteiger partial charge in [-0.3, -0.25) is 9.59 Å². The van der Waals surface area contributed by atoms with Gasteiger partial charge in [0, 0.05) is 19.2 Å². The lowest BCUT2D eigenvalue weighted by molar-refractivity contribution is -0.139. The molecule has 0 heterocycles. The fraction of sp³-hybridized carbons (Fsp3) is 0.357. The summed E-state index contributed by atoms with van der Waals surface area (Å²) in [6.07, 6.45) is 0.136. The largest absolute Gasteiger partial charge is 0.479 e. The zero-order valence-corrected chi connectivity index (χ0v) is 12.5. The third-order valence-corrected chi connectivity index (χ3v) is 3.58. The molecule has 0 bridgehead atoms. The van der Waals surface area contributed by atoms with E-state index >= 15 is 0 Å². The molecular formula is C14H18N2O4S. The van der Waals surface area contributed by atoms with Crippen molar-refractivity contribution >= 4 is 29.5 Å². The van der Waals surface area contributed by atoms with Gasteiger partial charge < -0.3 is 15.7 Å². The molecule has 0 saturated carbocycles. The summed E-state index contributed by atoms with van der Waals surface area (Å²) in [4.78, 5) is 33.6. The molecule has 114 valence electrons. The zero-order valence-electron chi connectivity index (χ0n) is 11.7. The number of carboxylic acids is 1. The van der Waals surface area contributed by atoms with E-state index in [1.54, 1.807) is 12.1 Å². The molecule has 0 aliphatic carbocycles. The van der Waals surface area contributed by atoms with Crippen LogP contribution in [0.5, 0.6) is 0 Å². The molecule has 21 heavy (non-hydrogen) atoms. The van der Waals surface area contributed by atoms with Gasteiger partial charge in [0.15, 0.2) is 5.37 Å². The number of carbonyl (C=O) groups is 3. The van der Waals surface area contributed by atoms with Crippen molar-refractivity contribution in [3.05, 3.63) is 35.9 Å². The minimum atomic E-state index is -1.11. The summed E-state index contributed by atoms with van der Waals surface area (Å²) in [5.41, 5.74) is 0.822. The molecule has 1 aromatic carbocycles. The molecule has 7 heteroatoms. The van der Waals surface area contributed by atoms with Gasteiger partial charge >= 0.3 is 5.97 Å². The Morgan fingerprint density at radius 2 is 1.90 bits per heavy atom. The van der Waals surface area contributed by atoms with E-state index in [9.17, 15) is 14.4 Å². The molecule has 0 fully saturated rings. The third-order valence-electron chi connectivity index (χ3n) is 2.48.